The molecule has 150 valence electrons. The minimum absolute atomic E-state index is 0.0164. The van der Waals surface area contributed by atoms with Crippen molar-refractivity contribution in [3.05, 3.63) is 59.2 Å². The van der Waals surface area contributed by atoms with Crippen LogP contribution >= 0.6 is 0 Å². The van der Waals surface area contributed by atoms with Crippen molar-refractivity contribution in [2.45, 2.75) is 13.3 Å². The van der Waals surface area contributed by atoms with Crippen molar-refractivity contribution in [2.75, 3.05) is 24.1 Å². The fraction of sp³-hybridized carbons (Fsp3) is 0.263. The molecule has 2 rings (SSSR count). The van der Waals surface area contributed by atoms with Gasteiger partial charge in [-0.1, -0.05) is 12.1 Å². The molecule has 0 atom stereocenters. The summed E-state index contributed by atoms with van der Waals surface area (Å²) in [4.78, 5) is 24.2. The van der Waals surface area contributed by atoms with Gasteiger partial charge in [0.1, 0.15) is 5.75 Å². The Labute approximate surface area is 164 Å². The number of aryl methyl sites for hydroxylation is 1. The lowest BCUT2D eigenvalue weighted by Crippen LogP contribution is -2.30. The van der Waals surface area contributed by atoms with Crippen LogP contribution in [0.3, 0.4) is 0 Å². The number of phenols is 1. The van der Waals surface area contributed by atoms with Crippen LogP contribution < -0.4 is 15.4 Å². The second-order valence-electron chi connectivity index (χ2n) is 6.32. The fourth-order valence-electron chi connectivity index (χ4n) is 2.42. The molecule has 0 aliphatic heterocycles. The second-order valence-corrected chi connectivity index (χ2v) is 8.07. The lowest BCUT2D eigenvalue weighted by Gasteiger charge is -2.11. The molecule has 9 heteroatoms. The van der Waals surface area contributed by atoms with Gasteiger partial charge in [-0.2, -0.15) is 0 Å². The van der Waals surface area contributed by atoms with Gasteiger partial charge in [0.15, 0.2) is 0 Å². The van der Waals surface area contributed by atoms with E-state index >= 15 is 0 Å². The second kappa shape index (κ2) is 9.23. The minimum atomic E-state index is -3.44. The minimum Gasteiger partial charge on any atom is -0.508 e. The van der Waals surface area contributed by atoms with Crippen molar-refractivity contribution in [3.63, 3.8) is 0 Å². The smallest absolute Gasteiger partial charge is 0.251 e. The molecule has 0 saturated carbocycles. The first kappa shape index (κ1) is 21.2. The summed E-state index contributed by atoms with van der Waals surface area (Å²) in [7, 11) is -3.44. The van der Waals surface area contributed by atoms with E-state index in [1.54, 1.807) is 31.2 Å². The van der Waals surface area contributed by atoms with Crippen molar-refractivity contribution in [1.29, 1.82) is 0 Å². The fourth-order valence-corrected chi connectivity index (χ4v) is 3.04. The van der Waals surface area contributed by atoms with Gasteiger partial charge in [0.05, 0.1) is 11.9 Å². The van der Waals surface area contributed by atoms with Crippen LogP contribution in [0.4, 0.5) is 5.69 Å². The van der Waals surface area contributed by atoms with Gasteiger partial charge in [-0.3, -0.25) is 14.3 Å². The van der Waals surface area contributed by atoms with Crippen molar-refractivity contribution in [1.82, 2.24) is 10.6 Å². The SMILES string of the molecule is Cc1ccc(C(=O)NCCCNC(=O)c2cccc(O)c2)cc1NS(C)(=O)=O. The number of rotatable bonds is 8. The van der Waals surface area contributed by atoms with Gasteiger partial charge in [0.25, 0.3) is 11.8 Å². The molecular weight excluding hydrogens is 382 g/mol. The van der Waals surface area contributed by atoms with E-state index in [9.17, 15) is 23.1 Å². The third kappa shape index (κ3) is 6.58. The number of anilines is 1. The molecule has 4 N–H and O–H groups in total. The van der Waals surface area contributed by atoms with Crippen molar-refractivity contribution in [3.8, 4) is 5.75 Å². The zero-order chi connectivity index (χ0) is 20.7. The highest BCUT2D eigenvalue weighted by molar-refractivity contribution is 7.92. The Kier molecular flexibility index (Phi) is 7.00. The van der Waals surface area contributed by atoms with Crippen LogP contribution in [-0.2, 0) is 10.0 Å². The average Bonchev–Trinajstić information content (AvgIpc) is 2.61. The molecule has 0 heterocycles. The number of sulfonamides is 1. The highest BCUT2D eigenvalue weighted by Gasteiger charge is 2.11. The van der Waals surface area contributed by atoms with Crippen LogP contribution in [0.25, 0.3) is 0 Å². The van der Waals surface area contributed by atoms with Gasteiger partial charge >= 0.3 is 0 Å². The van der Waals surface area contributed by atoms with Crippen molar-refractivity contribution in [2.24, 2.45) is 0 Å². The molecule has 0 aliphatic rings. The number of hydrogen-bond acceptors (Lipinski definition) is 5. The third-order valence-electron chi connectivity index (χ3n) is 3.83. The molecule has 28 heavy (non-hydrogen) atoms. The van der Waals surface area contributed by atoms with E-state index in [-0.39, 0.29) is 17.6 Å². The summed E-state index contributed by atoms with van der Waals surface area (Å²) in [6.45, 7) is 2.43. The summed E-state index contributed by atoms with van der Waals surface area (Å²) in [5.41, 5.74) is 1.75. The van der Waals surface area contributed by atoms with E-state index in [0.717, 1.165) is 6.26 Å². The lowest BCUT2D eigenvalue weighted by molar-refractivity contribution is 0.0951. The van der Waals surface area contributed by atoms with Gasteiger partial charge < -0.3 is 15.7 Å². The maximum absolute atomic E-state index is 12.2. The van der Waals surface area contributed by atoms with E-state index in [4.69, 9.17) is 0 Å². The number of nitrogens with one attached hydrogen (secondary N) is 3. The van der Waals surface area contributed by atoms with Crippen LogP contribution in [0.5, 0.6) is 5.75 Å². The van der Waals surface area contributed by atoms with Crippen LogP contribution in [0.1, 0.15) is 32.7 Å². The van der Waals surface area contributed by atoms with Gasteiger partial charge in [-0.05, 0) is 49.2 Å². The maximum Gasteiger partial charge on any atom is 0.251 e. The quantitative estimate of drug-likeness (QED) is 0.497. The van der Waals surface area contributed by atoms with E-state index < -0.39 is 10.0 Å². The molecule has 2 amide bonds. The van der Waals surface area contributed by atoms with Crippen LogP contribution in [0.2, 0.25) is 0 Å². The van der Waals surface area contributed by atoms with Crippen LogP contribution in [0, 0.1) is 6.92 Å². The van der Waals surface area contributed by atoms with Crippen LogP contribution in [0.15, 0.2) is 42.5 Å². The lowest BCUT2D eigenvalue weighted by atomic mass is 10.1. The normalized spacial score (nSPS) is 10.9. The van der Waals surface area contributed by atoms with Gasteiger partial charge in [-0.25, -0.2) is 8.42 Å². The van der Waals surface area contributed by atoms with Gasteiger partial charge in [-0.15, -0.1) is 0 Å². The topological polar surface area (TPSA) is 125 Å². The van der Waals surface area contributed by atoms with Crippen LogP contribution in [-0.4, -0.2) is 44.7 Å². The molecule has 2 aromatic rings. The zero-order valence-corrected chi connectivity index (χ0v) is 16.5. The van der Waals surface area contributed by atoms with Gasteiger partial charge in [0, 0.05) is 24.2 Å². The highest BCUT2D eigenvalue weighted by atomic mass is 32.2. The Morgan fingerprint density at radius 3 is 2.14 bits per heavy atom. The number of carbonyl (C=O) groups excluding carboxylic acids is 2. The number of hydrogen-bond donors (Lipinski definition) is 4. The third-order valence-corrected chi connectivity index (χ3v) is 4.42. The maximum atomic E-state index is 12.2. The van der Waals surface area contributed by atoms with E-state index in [1.807, 2.05) is 0 Å². The Morgan fingerprint density at radius 1 is 0.964 bits per heavy atom. The molecule has 0 spiro atoms. The zero-order valence-electron chi connectivity index (χ0n) is 15.7. The summed E-state index contributed by atoms with van der Waals surface area (Å²) < 4.78 is 25.2. The molecular formula is C19H23N3O5S. The molecule has 0 radical (unpaired) electrons. The number of phenolic OH excluding ortho intramolecular Hbond substituents is 1. The van der Waals surface area contributed by atoms with Crippen molar-refractivity contribution < 1.29 is 23.1 Å². The Hall–Kier alpha value is -3.07. The first-order chi connectivity index (χ1) is 13.2. The van der Waals surface area contributed by atoms with E-state index in [2.05, 4.69) is 15.4 Å². The predicted octanol–water partition coefficient (Wildman–Crippen LogP) is 1.62. The molecule has 0 unspecified atom stereocenters. The first-order valence-corrected chi connectivity index (χ1v) is 10.5. The molecule has 2 aromatic carbocycles. The molecule has 0 aliphatic carbocycles. The largest absolute Gasteiger partial charge is 0.508 e. The summed E-state index contributed by atoms with van der Waals surface area (Å²) in [5, 5.41) is 14.8. The van der Waals surface area contributed by atoms with E-state index in [0.29, 0.717) is 41.9 Å². The number of carbonyl (C=O) groups is 2. The molecule has 0 bridgehead atoms. The Bertz CT molecular complexity index is 973. The monoisotopic (exact) mass is 405 g/mol. The summed E-state index contributed by atoms with van der Waals surface area (Å²) in [5.74, 6) is -0.629. The molecule has 8 nitrogen and oxygen atoms in total. The number of benzene rings is 2. The predicted molar refractivity (Wildman–Crippen MR) is 107 cm³/mol. The highest BCUT2D eigenvalue weighted by Crippen LogP contribution is 2.18. The molecule has 0 fully saturated rings. The summed E-state index contributed by atoms with van der Waals surface area (Å²) >= 11 is 0. The Balaban J connectivity index is 1.81. The van der Waals surface area contributed by atoms with Gasteiger partial charge in [0.2, 0.25) is 10.0 Å². The standard InChI is InChI=1S/C19H23N3O5S/c1-13-7-8-15(12-17(13)22-28(2,26)27)19(25)21-10-4-9-20-18(24)14-5-3-6-16(23)11-14/h3,5-8,11-12,22-23H,4,9-10H2,1-2H3,(H,20,24)(H,21,25). The summed E-state index contributed by atoms with van der Waals surface area (Å²) in [6.07, 6.45) is 1.56. The molecule has 0 saturated heterocycles. The number of amides is 2. The average molecular weight is 405 g/mol. The molecule has 0 aromatic heterocycles. The van der Waals surface area contributed by atoms with E-state index in [1.165, 1.54) is 18.2 Å². The summed E-state index contributed by atoms with van der Waals surface area (Å²) in [6, 6.07) is 10.8. The van der Waals surface area contributed by atoms with Crippen molar-refractivity contribution >= 4 is 27.5 Å². The first-order valence-electron chi connectivity index (χ1n) is 8.59. The Morgan fingerprint density at radius 2 is 1.57 bits per heavy atom. The number of aromatic hydroxyl groups is 1.